The second kappa shape index (κ2) is 9.64. The molecule has 0 heterocycles. The summed E-state index contributed by atoms with van der Waals surface area (Å²) in [6, 6.07) is 6.52. The lowest BCUT2D eigenvalue weighted by atomic mass is 10.1. The number of rotatable bonds is 10. The molecule has 0 saturated heterocycles. The minimum Gasteiger partial charge on any atom is -0.493 e. The van der Waals surface area contributed by atoms with Crippen LogP contribution in [0.3, 0.4) is 0 Å². The summed E-state index contributed by atoms with van der Waals surface area (Å²) in [4.78, 5) is 0. The molecule has 0 radical (unpaired) electrons. The SMILES string of the molecule is COc1cc(CNC(C)CCN)ccc1OCCC(C)C. The third kappa shape index (κ3) is 6.82. The van der Waals surface area contributed by atoms with Gasteiger partial charge in [-0.05, 0) is 49.9 Å². The van der Waals surface area contributed by atoms with E-state index in [4.69, 9.17) is 15.2 Å². The highest BCUT2D eigenvalue weighted by Gasteiger charge is 2.07. The van der Waals surface area contributed by atoms with Gasteiger partial charge in [0.2, 0.25) is 0 Å². The first-order chi connectivity index (χ1) is 10.1. The van der Waals surface area contributed by atoms with Gasteiger partial charge in [0.25, 0.3) is 0 Å². The predicted molar refractivity (Wildman–Crippen MR) is 87.9 cm³/mol. The van der Waals surface area contributed by atoms with Crippen LogP contribution in [0.4, 0.5) is 0 Å². The van der Waals surface area contributed by atoms with Gasteiger partial charge in [0.05, 0.1) is 13.7 Å². The Bertz CT molecular complexity index is 408. The Labute approximate surface area is 129 Å². The van der Waals surface area contributed by atoms with Gasteiger partial charge < -0.3 is 20.5 Å². The molecule has 1 unspecified atom stereocenters. The highest BCUT2D eigenvalue weighted by Crippen LogP contribution is 2.28. The number of benzene rings is 1. The van der Waals surface area contributed by atoms with E-state index in [2.05, 4.69) is 32.2 Å². The van der Waals surface area contributed by atoms with Gasteiger partial charge in [-0.15, -0.1) is 0 Å². The van der Waals surface area contributed by atoms with Crippen molar-refractivity contribution in [1.82, 2.24) is 5.32 Å². The van der Waals surface area contributed by atoms with Gasteiger partial charge in [-0.25, -0.2) is 0 Å². The minimum atomic E-state index is 0.419. The lowest BCUT2D eigenvalue weighted by molar-refractivity contribution is 0.273. The molecule has 1 atom stereocenters. The van der Waals surface area contributed by atoms with Gasteiger partial charge in [-0.3, -0.25) is 0 Å². The van der Waals surface area contributed by atoms with E-state index in [1.807, 2.05) is 12.1 Å². The van der Waals surface area contributed by atoms with E-state index in [0.29, 0.717) is 18.5 Å². The monoisotopic (exact) mass is 294 g/mol. The van der Waals surface area contributed by atoms with E-state index in [1.54, 1.807) is 7.11 Å². The maximum atomic E-state index is 5.80. The lowest BCUT2D eigenvalue weighted by Gasteiger charge is -2.15. The molecule has 0 aromatic heterocycles. The molecule has 1 rings (SSSR count). The first-order valence-corrected chi connectivity index (χ1v) is 7.80. The molecular formula is C17H30N2O2. The minimum absolute atomic E-state index is 0.419. The first kappa shape index (κ1) is 17.8. The molecule has 4 heteroatoms. The molecule has 1 aromatic carbocycles. The number of hydrogen-bond acceptors (Lipinski definition) is 4. The van der Waals surface area contributed by atoms with Crippen molar-refractivity contribution >= 4 is 0 Å². The summed E-state index contributed by atoms with van der Waals surface area (Å²) in [5.74, 6) is 2.25. The molecule has 4 nitrogen and oxygen atoms in total. The summed E-state index contributed by atoms with van der Waals surface area (Å²) in [6.07, 6.45) is 2.02. The molecule has 0 saturated carbocycles. The number of ether oxygens (including phenoxy) is 2. The Morgan fingerprint density at radius 1 is 1.14 bits per heavy atom. The van der Waals surface area contributed by atoms with Crippen LogP contribution in [0.15, 0.2) is 18.2 Å². The largest absolute Gasteiger partial charge is 0.493 e. The Hall–Kier alpha value is -1.26. The zero-order valence-corrected chi connectivity index (χ0v) is 13.8. The van der Waals surface area contributed by atoms with E-state index in [0.717, 1.165) is 37.5 Å². The fourth-order valence-electron chi connectivity index (χ4n) is 1.99. The topological polar surface area (TPSA) is 56.5 Å². The van der Waals surface area contributed by atoms with Crippen LogP contribution in [0.1, 0.15) is 39.2 Å². The molecule has 0 fully saturated rings. The van der Waals surface area contributed by atoms with Crippen molar-refractivity contribution in [3.63, 3.8) is 0 Å². The van der Waals surface area contributed by atoms with Crippen LogP contribution in [-0.2, 0) is 6.54 Å². The second-order valence-electron chi connectivity index (χ2n) is 5.88. The van der Waals surface area contributed by atoms with Gasteiger partial charge in [0.1, 0.15) is 0 Å². The van der Waals surface area contributed by atoms with Crippen molar-refractivity contribution in [3.05, 3.63) is 23.8 Å². The molecule has 120 valence electrons. The third-order valence-corrected chi connectivity index (χ3v) is 3.44. The molecule has 3 N–H and O–H groups in total. The van der Waals surface area contributed by atoms with Gasteiger partial charge in [0, 0.05) is 12.6 Å². The summed E-state index contributed by atoms with van der Waals surface area (Å²) >= 11 is 0. The zero-order valence-electron chi connectivity index (χ0n) is 13.8. The van der Waals surface area contributed by atoms with Crippen molar-refractivity contribution in [1.29, 1.82) is 0 Å². The van der Waals surface area contributed by atoms with Crippen LogP contribution >= 0.6 is 0 Å². The number of nitrogens with two attached hydrogens (primary N) is 1. The van der Waals surface area contributed by atoms with E-state index in [9.17, 15) is 0 Å². The fourth-order valence-corrected chi connectivity index (χ4v) is 1.99. The standard InChI is InChI=1S/C17H30N2O2/c1-13(2)8-10-21-16-6-5-15(11-17(16)20-4)12-19-14(3)7-9-18/h5-6,11,13-14,19H,7-10,12,18H2,1-4H3. The Balaban J connectivity index is 2.57. The van der Waals surface area contributed by atoms with Gasteiger partial charge in [-0.1, -0.05) is 19.9 Å². The van der Waals surface area contributed by atoms with Crippen LogP contribution in [0, 0.1) is 5.92 Å². The Morgan fingerprint density at radius 2 is 1.90 bits per heavy atom. The molecule has 0 spiro atoms. The summed E-state index contributed by atoms with van der Waals surface area (Å²) in [6.45, 7) is 8.77. The summed E-state index contributed by atoms with van der Waals surface area (Å²) < 4.78 is 11.2. The highest BCUT2D eigenvalue weighted by molar-refractivity contribution is 5.42. The van der Waals surface area contributed by atoms with E-state index in [-0.39, 0.29) is 0 Å². The van der Waals surface area contributed by atoms with E-state index >= 15 is 0 Å². The molecule has 21 heavy (non-hydrogen) atoms. The van der Waals surface area contributed by atoms with Gasteiger partial charge >= 0.3 is 0 Å². The lowest BCUT2D eigenvalue weighted by Crippen LogP contribution is -2.27. The summed E-state index contributed by atoms with van der Waals surface area (Å²) in [5.41, 5.74) is 6.74. The molecule has 0 aliphatic rings. The average molecular weight is 294 g/mol. The third-order valence-electron chi connectivity index (χ3n) is 3.44. The average Bonchev–Trinajstić information content (AvgIpc) is 2.46. The summed E-state index contributed by atoms with van der Waals surface area (Å²) in [5, 5.41) is 3.45. The maximum absolute atomic E-state index is 5.80. The van der Waals surface area contributed by atoms with Crippen LogP contribution < -0.4 is 20.5 Å². The highest BCUT2D eigenvalue weighted by atomic mass is 16.5. The van der Waals surface area contributed by atoms with Gasteiger partial charge in [0.15, 0.2) is 11.5 Å². The predicted octanol–water partition coefficient (Wildman–Crippen LogP) is 2.95. The van der Waals surface area contributed by atoms with Crippen molar-refractivity contribution in [2.45, 2.75) is 46.2 Å². The first-order valence-electron chi connectivity index (χ1n) is 7.80. The van der Waals surface area contributed by atoms with Crippen LogP contribution in [0.5, 0.6) is 11.5 Å². The molecule has 0 amide bonds. The molecule has 1 aromatic rings. The second-order valence-corrected chi connectivity index (χ2v) is 5.88. The molecule has 0 aliphatic heterocycles. The molecule has 0 bridgehead atoms. The van der Waals surface area contributed by atoms with Gasteiger partial charge in [-0.2, -0.15) is 0 Å². The van der Waals surface area contributed by atoms with Crippen LogP contribution in [-0.4, -0.2) is 26.3 Å². The van der Waals surface area contributed by atoms with Crippen LogP contribution in [0.2, 0.25) is 0 Å². The van der Waals surface area contributed by atoms with Crippen molar-refractivity contribution in [2.24, 2.45) is 11.7 Å². The number of hydrogen-bond donors (Lipinski definition) is 2. The van der Waals surface area contributed by atoms with Crippen LogP contribution in [0.25, 0.3) is 0 Å². The zero-order chi connectivity index (χ0) is 15.7. The summed E-state index contributed by atoms with van der Waals surface area (Å²) in [7, 11) is 1.68. The van der Waals surface area contributed by atoms with Crippen molar-refractivity contribution in [3.8, 4) is 11.5 Å². The maximum Gasteiger partial charge on any atom is 0.161 e. The normalized spacial score (nSPS) is 12.5. The molecule has 0 aliphatic carbocycles. The Morgan fingerprint density at radius 3 is 2.52 bits per heavy atom. The number of methoxy groups -OCH3 is 1. The number of nitrogens with one attached hydrogen (secondary N) is 1. The van der Waals surface area contributed by atoms with Crippen molar-refractivity contribution in [2.75, 3.05) is 20.3 Å². The quantitative estimate of drug-likeness (QED) is 0.696. The van der Waals surface area contributed by atoms with E-state index < -0.39 is 0 Å². The van der Waals surface area contributed by atoms with Crippen molar-refractivity contribution < 1.29 is 9.47 Å². The Kier molecular flexibility index (Phi) is 8.16. The van der Waals surface area contributed by atoms with E-state index in [1.165, 1.54) is 5.56 Å². The smallest absolute Gasteiger partial charge is 0.161 e. The molecular weight excluding hydrogens is 264 g/mol. The fraction of sp³-hybridized carbons (Fsp3) is 0.647.